The number of nitrogens with zero attached hydrogens (tertiary/aromatic N) is 2. The maximum Gasteiger partial charge on any atom is 0.410 e. The van der Waals surface area contributed by atoms with Gasteiger partial charge in [-0.3, -0.25) is 0 Å². The predicted molar refractivity (Wildman–Crippen MR) is 120 cm³/mol. The molecule has 1 aliphatic rings. The van der Waals surface area contributed by atoms with Gasteiger partial charge in [-0.1, -0.05) is 23.2 Å². The number of aliphatic hydroxyl groups excluding tert-OH is 1. The number of aliphatic hydroxyl groups is 1. The summed E-state index contributed by atoms with van der Waals surface area (Å²) < 4.78 is 7.56. The summed E-state index contributed by atoms with van der Waals surface area (Å²) in [6.07, 6.45) is -1.28. The summed E-state index contributed by atoms with van der Waals surface area (Å²) in [7, 11) is 0. The molecule has 4 rings (SSSR count). The quantitative estimate of drug-likeness (QED) is 0.569. The van der Waals surface area contributed by atoms with E-state index in [1.165, 1.54) is 0 Å². The lowest BCUT2D eigenvalue weighted by atomic mass is 9.97. The highest BCUT2D eigenvalue weighted by Crippen LogP contribution is 2.37. The summed E-state index contributed by atoms with van der Waals surface area (Å²) in [6, 6.07) is 10.1. The largest absolute Gasteiger partial charge is 0.444 e. The summed E-state index contributed by atoms with van der Waals surface area (Å²) in [5.41, 5.74) is 7.41. The van der Waals surface area contributed by atoms with Gasteiger partial charge in [-0.15, -0.1) is 0 Å². The van der Waals surface area contributed by atoms with Gasteiger partial charge in [0.25, 0.3) is 0 Å². The Kier molecular flexibility index (Phi) is 5.39. The topological polar surface area (TPSA) is 80.7 Å². The number of benzene rings is 2. The molecule has 1 aromatic heterocycles. The van der Waals surface area contributed by atoms with Crippen molar-refractivity contribution in [2.75, 3.05) is 13.1 Å². The number of carbonyl (C=O) groups excluding carboxylic acids is 1. The Balaban J connectivity index is 1.84. The fraction of sp³-hybridized carbons (Fsp3) is 0.409. The Labute approximate surface area is 185 Å². The first-order valence-corrected chi connectivity index (χ1v) is 10.6. The summed E-state index contributed by atoms with van der Waals surface area (Å²) in [6.45, 7) is 5.96. The molecule has 0 aliphatic carbocycles. The minimum Gasteiger partial charge on any atom is -0.444 e. The van der Waals surface area contributed by atoms with Crippen LogP contribution in [0.25, 0.3) is 21.8 Å². The first-order valence-electron chi connectivity index (χ1n) is 9.85. The molecule has 160 valence electrons. The normalized spacial score (nSPS) is 22.6. The Morgan fingerprint density at radius 2 is 1.60 bits per heavy atom. The number of amides is 1. The van der Waals surface area contributed by atoms with E-state index in [9.17, 15) is 9.90 Å². The van der Waals surface area contributed by atoms with E-state index >= 15 is 0 Å². The van der Waals surface area contributed by atoms with E-state index in [1.54, 1.807) is 4.90 Å². The van der Waals surface area contributed by atoms with E-state index in [4.69, 9.17) is 33.7 Å². The van der Waals surface area contributed by atoms with Crippen molar-refractivity contribution in [3.05, 3.63) is 46.4 Å². The van der Waals surface area contributed by atoms with Crippen molar-refractivity contribution in [3.63, 3.8) is 0 Å². The molecule has 1 amide bonds. The summed E-state index contributed by atoms with van der Waals surface area (Å²) in [5, 5.41) is 14.1. The molecule has 6 nitrogen and oxygen atoms in total. The summed E-state index contributed by atoms with van der Waals surface area (Å²) in [5.74, 6) is 0. The van der Waals surface area contributed by atoms with Gasteiger partial charge in [-0.05, 0) is 57.2 Å². The zero-order valence-corrected chi connectivity index (χ0v) is 18.6. The smallest absolute Gasteiger partial charge is 0.410 e. The number of likely N-dealkylation sites (tertiary alicyclic amines) is 1. The van der Waals surface area contributed by atoms with E-state index < -0.39 is 29.9 Å². The Bertz CT molecular complexity index is 1060. The fourth-order valence-electron chi connectivity index (χ4n) is 4.12. The number of nitrogens with two attached hydrogens (primary N) is 1. The van der Waals surface area contributed by atoms with Crippen LogP contribution in [0.4, 0.5) is 4.79 Å². The molecule has 30 heavy (non-hydrogen) atoms. The first kappa shape index (κ1) is 21.2. The van der Waals surface area contributed by atoms with Crippen LogP contribution >= 0.6 is 23.2 Å². The van der Waals surface area contributed by atoms with Gasteiger partial charge < -0.3 is 25.0 Å². The van der Waals surface area contributed by atoms with Gasteiger partial charge >= 0.3 is 6.09 Å². The average Bonchev–Trinajstić information content (AvgIpc) is 2.95. The molecule has 8 heteroatoms. The molecule has 2 aromatic carbocycles. The monoisotopic (exact) mass is 449 g/mol. The number of halogens is 2. The summed E-state index contributed by atoms with van der Waals surface area (Å²) >= 11 is 12.5. The highest BCUT2D eigenvalue weighted by molar-refractivity contribution is 6.33. The van der Waals surface area contributed by atoms with E-state index in [1.807, 2.05) is 61.7 Å². The van der Waals surface area contributed by atoms with Crippen molar-refractivity contribution in [2.45, 2.75) is 44.6 Å². The third-order valence-electron chi connectivity index (χ3n) is 5.38. The zero-order chi connectivity index (χ0) is 21.8. The standard InChI is InChI=1S/C22H25Cl2N3O3/c1-22(2,3)30-21(29)26-10-16(25)20(28)19(11-26)27-17-6-4-12(23)8-14(17)15-9-13(24)5-7-18(15)27/h4-9,16,19-20,28H,10-11,25H2,1-3H3/t16-,19+,20?/m1/s1. The number of hydrogen-bond donors (Lipinski definition) is 2. The Morgan fingerprint density at radius 3 is 2.10 bits per heavy atom. The van der Waals surface area contributed by atoms with E-state index in [2.05, 4.69) is 0 Å². The summed E-state index contributed by atoms with van der Waals surface area (Å²) in [4.78, 5) is 14.3. The molecule has 1 saturated heterocycles. The van der Waals surface area contributed by atoms with E-state index in [-0.39, 0.29) is 13.1 Å². The molecule has 1 aliphatic heterocycles. The van der Waals surface area contributed by atoms with Crippen molar-refractivity contribution in [2.24, 2.45) is 5.73 Å². The molecular weight excluding hydrogens is 425 g/mol. The van der Waals surface area contributed by atoms with Crippen LogP contribution in [0.1, 0.15) is 26.8 Å². The molecule has 0 bridgehead atoms. The second-order valence-electron chi connectivity index (χ2n) is 8.80. The molecule has 3 atom stereocenters. The second kappa shape index (κ2) is 7.61. The van der Waals surface area contributed by atoms with Crippen molar-refractivity contribution in [3.8, 4) is 0 Å². The average molecular weight is 450 g/mol. The van der Waals surface area contributed by atoms with Crippen LogP contribution in [0.3, 0.4) is 0 Å². The number of piperidine rings is 1. The highest BCUT2D eigenvalue weighted by Gasteiger charge is 2.39. The van der Waals surface area contributed by atoms with Crippen molar-refractivity contribution < 1.29 is 14.6 Å². The van der Waals surface area contributed by atoms with Crippen molar-refractivity contribution in [1.82, 2.24) is 9.47 Å². The number of hydrogen-bond acceptors (Lipinski definition) is 4. The van der Waals surface area contributed by atoms with Gasteiger partial charge in [-0.2, -0.15) is 0 Å². The molecule has 1 unspecified atom stereocenters. The van der Waals surface area contributed by atoms with Gasteiger partial charge in [0.2, 0.25) is 0 Å². The van der Waals surface area contributed by atoms with Crippen LogP contribution in [-0.4, -0.2) is 51.5 Å². The van der Waals surface area contributed by atoms with Crippen molar-refractivity contribution in [1.29, 1.82) is 0 Å². The maximum absolute atomic E-state index is 12.7. The van der Waals surface area contributed by atoms with Gasteiger partial charge in [0.05, 0.1) is 18.2 Å². The molecule has 3 aromatic rings. The molecule has 1 fully saturated rings. The Morgan fingerprint density at radius 1 is 1.07 bits per heavy atom. The van der Waals surface area contributed by atoms with Crippen LogP contribution in [0.5, 0.6) is 0 Å². The van der Waals surface area contributed by atoms with Gasteiger partial charge in [-0.25, -0.2) is 4.79 Å². The van der Waals surface area contributed by atoms with E-state index in [0.29, 0.717) is 10.0 Å². The number of fused-ring (bicyclic) bond motifs is 3. The third kappa shape index (κ3) is 3.85. The van der Waals surface area contributed by atoms with Crippen LogP contribution in [0, 0.1) is 0 Å². The minimum atomic E-state index is -0.839. The SMILES string of the molecule is CC(C)(C)OC(=O)N1C[C@@H](N)C(O)[C@@H](n2c3ccc(Cl)cc3c3cc(Cl)ccc32)C1. The molecule has 0 spiro atoms. The van der Waals surface area contributed by atoms with Crippen LogP contribution in [0.2, 0.25) is 10.0 Å². The number of aromatic nitrogens is 1. The van der Waals surface area contributed by atoms with Crippen LogP contribution in [-0.2, 0) is 4.74 Å². The van der Waals surface area contributed by atoms with Crippen LogP contribution in [0.15, 0.2) is 36.4 Å². The highest BCUT2D eigenvalue weighted by atomic mass is 35.5. The zero-order valence-electron chi connectivity index (χ0n) is 17.1. The molecule has 0 saturated carbocycles. The van der Waals surface area contributed by atoms with Crippen molar-refractivity contribution >= 4 is 51.1 Å². The van der Waals surface area contributed by atoms with E-state index in [0.717, 1.165) is 21.8 Å². The lowest BCUT2D eigenvalue weighted by molar-refractivity contribution is -0.0120. The van der Waals surface area contributed by atoms with Gasteiger partial charge in [0, 0.05) is 44.9 Å². The Hall–Kier alpha value is -1.99. The molecule has 2 heterocycles. The number of carbonyl (C=O) groups is 1. The van der Waals surface area contributed by atoms with Gasteiger partial charge in [0.15, 0.2) is 0 Å². The maximum atomic E-state index is 12.7. The second-order valence-corrected chi connectivity index (χ2v) is 9.67. The number of rotatable bonds is 1. The molecule has 3 N–H and O–H groups in total. The number of ether oxygens (including phenoxy) is 1. The third-order valence-corrected chi connectivity index (χ3v) is 5.85. The lowest BCUT2D eigenvalue weighted by Gasteiger charge is -2.41. The minimum absolute atomic E-state index is 0.224. The first-order chi connectivity index (χ1) is 14.0. The fourth-order valence-corrected chi connectivity index (χ4v) is 4.47. The molecular formula is C22H25Cl2N3O3. The van der Waals surface area contributed by atoms with Crippen LogP contribution < -0.4 is 5.73 Å². The van der Waals surface area contributed by atoms with Gasteiger partial charge in [0.1, 0.15) is 5.60 Å². The molecule has 0 radical (unpaired) electrons. The predicted octanol–water partition coefficient (Wildman–Crippen LogP) is 4.58. The lowest BCUT2D eigenvalue weighted by Crippen LogP contribution is -2.58.